The molecule has 0 aliphatic heterocycles. The highest BCUT2D eigenvalue weighted by Gasteiger charge is 2.30. The van der Waals surface area contributed by atoms with Crippen molar-refractivity contribution in [1.82, 2.24) is 9.78 Å². The van der Waals surface area contributed by atoms with Gasteiger partial charge in [0.05, 0.1) is 6.20 Å². The molecule has 1 atom stereocenters. The maximum absolute atomic E-state index is 11.1. The third-order valence-corrected chi connectivity index (χ3v) is 4.88. The Morgan fingerprint density at radius 1 is 1.53 bits per heavy atom. The average Bonchev–Trinajstić information content (AvgIpc) is 2.85. The van der Waals surface area contributed by atoms with Crippen LogP contribution in [0.2, 0.25) is 0 Å². The number of aromatic nitrogens is 2. The maximum Gasteiger partial charge on any atom is 0.241 e. The van der Waals surface area contributed by atoms with Gasteiger partial charge in [0, 0.05) is 12.7 Å². The fourth-order valence-electron chi connectivity index (χ4n) is 2.98. The van der Waals surface area contributed by atoms with Gasteiger partial charge in [0.25, 0.3) is 0 Å². The zero-order valence-corrected chi connectivity index (χ0v) is 12.5. The highest BCUT2D eigenvalue weighted by Crippen LogP contribution is 2.42. The SMILES string of the molecule is CC1(C)CCC(CCCn2cc(S(N)(=O)=O)cn2)C1. The molecule has 1 aromatic heterocycles. The molecule has 0 amide bonds. The average molecular weight is 285 g/mol. The van der Waals surface area contributed by atoms with Crippen molar-refractivity contribution in [3.63, 3.8) is 0 Å². The highest BCUT2D eigenvalue weighted by atomic mass is 32.2. The minimum atomic E-state index is -3.62. The number of nitrogens with two attached hydrogens (primary N) is 1. The molecule has 0 saturated heterocycles. The summed E-state index contributed by atoms with van der Waals surface area (Å²) < 4.78 is 23.9. The van der Waals surface area contributed by atoms with Crippen LogP contribution in [0.3, 0.4) is 0 Å². The number of primary sulfonamides is 1. The van der Waals surface area contributed by atoms with E-state index in [9.17, 15) is 8.42 Å². The highest BCUT2D eigenvalue weighted by molar-refractivity contribution is 7.89. The molecule has 1 fully saturated rings. The number of aryl methyl sites for hydroxylation is 1. The standard InChI is InChI=1S/C13H23N3O2S/c1-13(2)6-5-11(8-13)4-3-7-16-10-12(9-15-16)19(14,17)18/h9-11H,3-8H2,1-2H3,(H2,14,17,18). The predicted octanol–water partition coefficient (Wildman–Crippen LogP) is 2.14. The van der Waals surface area contributed by atoms with Gasteiger partial charge in [-0.25, -0.2) is 13.6 Å². The van der Waals surface area contributed by atoms with Crippen molar-refractivity contribution >= 4 is 10.0 Å². The van der Waals surface area contributed by atoms with Crippen molar-refractivity contribution < 1.29 is 8.42 Å². The van der Waals surface area contributed by atoms with Gasteiger partial charge >= 0.3 is 0 Å². The van der Waals surface area contributed by atoms with Crippen molar-refractivity contribution in [1.29, 1.82) is 0 Å². The molecule has 0 radical (unpaired) electrons. The van der Waals surface area contributed by atoms with Crippen molar-refractivity contribution in [3.8, 4) is 0 Å². The molecule has 0 aromatic carbocycles. The molecule has 108 valence electrons. The van der Waals surface area contributed by atoms with E-state index in [-0.39, 0.29) is 4.90 Å². The molecule has 1 aromatic rings. The van der Waals surface area contributed by atoms with E-state index in [4.69, 9.17) is 5.14 Å². The molecule has 0 spiro atoms. The molecule has 2 N–H and O–H groups in total. The van der Waals surface area contributed by atoms with E-state index in [1.165, 1.54) is 38.1 Å². The van der Waals surface area contributed by atoms with Crippen molar-refractivity contribution in [3.05, 3.63) is 12.4 Å². The molecule has 1 heterocycles. The van der Waals surface area contributed by atoms with Gasteiger partial charge in [0.1, 0.15) is 4.90 Å². The summed E-state index contributed by atoms with van der Waals surface area (Å²) in [4.78, 5) is 0.0921. The van der Waals surface area contributed by atoms with E-state index >= 15 is 0 Å². The normalized spacial score (nSPS) is 22.8. The summed E-state index contributed by atoms with van der Waals surface area (Å²) in [7, 11) is -3.62. The van der Waals surface area contributed by atoms with Crippen LogP contribution in [-0.2, 0) is 16.6 Å². The van der Waals surface area contributed by atoms with Gasteiger partial charge in [-0.05, 0) is 43.4 Å². The largest absolute Gasteiger partial charge is 0.271 e. The van der Waals surface area contributed by atoms with E-state index in [0.717, 1.165) is 18.9 Å². The molecule has 6 heteroatoms. The minimum absolute atomic E-state index is 0.0921. The zero-order chi connectivity index (χ0) is 14.1. The number of hydrogen-bond acceptors (Lipinski definition) is 3. The Balaban J connectivity index is 1.79. The van der Waals surface area contributed by atoms with Crippen molar-refractivity contribution in [2.45, 2.75) is 57.4 Å². The molecule has 0 bridgehead atoms. The van der Waals surface area contributed by atoms with Crippen LogP contribution in [0.1, 0.15) is 46.0 Å². The molecule has 5 nitrogen and oxygen atoms in total. The van der Waals surface area contributed by atoms with Crippen molar-refractivity contribution in [2.24, 2.45) is 16.5 Å². The third-order valence-electron chi connectivity index (χ3n) is 4.01. The summed E-state index contributed by atoms with van der Waals surface area (Å²) >= 11 is 0. The topological polar surface area (TPSA) is 78.0 Å². The van der Waals surface area contributed by atoms with E-state index in [1.807, 2.05) is 0 Å². The molecular weight excluding hydrogens is 262 g/mol. The Kier molecular flexibility index (Phi) is 4.01. The van der Waals surface area contributed by atoms with E-state index in [1.54, 1.807) is 4.68 Å². The Labute approximate surface area is 115 Å². The molecule has 2 rings (SSSR count). The quantitative estimate of drug-likeness (QED) is 0.900. The van der Waals surface area contributed by atoms with E-state index in [2.05, 4.69) is 18.9 Å². The van der Waals surface area contributed by atoms with Crippen LogP contribution < -0.4 is 5.14 Å². The third kappa shape index (κ3) is 4.04. The van der Waals surface area contributed by atoms with Gasteiger partial charge in [0.15, 0.2) is 0 Å². The molecule has 1 unspecified atom stereocenters. The van der Waals surface area contributed by atoms with E-state index < -0.39 is 10.0 Å². The van der Waals surface area contributed by atoms with Gasteiger partial charge in [0.2, 0.25) is 10.0 Å². The number of sulfonamides is 1. The second-order valence-corrected chi connectivity index (χ2v) is 7.96. The molecule has 1 aliphatic carbocycles. The van der Waals surface area contributed by atoms with Crippen LogP contribution in [-0.4, -0.2) is 18.2 Å². The monoisotopic (exact) mass is 285 g/mol. The van der Waals surface area contributed by atoms with Crippen LogP contribution >= 0.6 is 0 Å². The van der Waals surface area contributed by atoms with Gasteiger partial charge in [-0.2, -0.15) is 5.10 Å². The molecule has 1 aliphatic rings. The summed E-state index contributed by atoms with van der Waals surface area (Å²) in [6.07, 6.45) is 8.97. The predicted molar refractivity (Wildman–Crippen MR) is 74.0 cm³/mol. The van der Waals surface area contributed by atoms with Crippen LogP contribution in [0.4, 0.5) is 0 Å². The summed E-state index contributed by atoms with van der Waals surface area (Å²) in [6.45, 7) is 5.42. The minimum Gasteiger partial charge on any atom is -0.271 e. The summed E-state index contributed by atoms with van der Waals surface area (Å²) in [5, 5.41) is 9.08. The van der Waals surface area contributed by atoms with Gasteiger partial charge in [-0.1, -0.05) is 13.8 Å². The molecule has 19 heavy (non-hydrogen) atoms. The first kappa shape index (κ1) is 14.5. The molecular formula is C13H23N3O2S. The van der Waals surface area contributed by atoms with Crippen LogP contribution in [0.15, 0.2) is 17.3 Å². The smallest absolute Gasteiger partial charge is 0.241 e. The van der Waals surface area contributed by atoms with Gasteiger partial charge in [-0.15, -0.1) is 0 Å². The fourth-order valence-corrected chi connectivity index (χ4v) is 3.45. The lowest BCUT2D eigenvalue weighted by Gasteiger charge is -2.16. The Morgan fingerprint density at radius 3 is 2.79 bits per heavy atom. The van der Waals surface area contributed by atoms with E-state index in [0.29, 0.717) is 5.41 Å². The lowest BCUT2D eigenvalue weighted by atomic mass is 9.89. The first-order chi connectivity index (χ1) is 8.76. The first-order valence-corrected chi connectivity index (χ1v) is 8.36. The zero-order valence-electron chi connectivity index (χ0n) is 11.7. The fraction of sp³-hybridized carbons (Fsp3) is 0.769. The number of hydrogen-bond donors (Lipinski definition) is 1. The number of rotatable bonds is 5. The Morgan fingerprint density at radius 2 is 2.26 bits per heavy atom. The van der Waals surface area contributed by atoms with Gasteiger partial charge < -0.3 is 0 Å². The van der Waals surface area contributed by atoms with Crippen LogP contribution in [0.5, 0.6) is 0 Å². The van der Waals surface area contributed by atoms with Gasteiger partial charge in [-0.3, -0.25) is 4.68 Å². The second kappa shape index (κ2) is 5.25. The Bertz CT molecular complexity index is 534. The Hall–Kier alpha value is -0.880. The second-order valence-electron chi connectivity index (χ2n) is 6.40. The molecule has 1 saturated carbocycles. The lowest BCUT2D eigenvalue weighted by molar-refractivity contribution is 0.347. The van der Waals surface area contributed by atoms with Crippen molar-refractivity contribution in [2.75, 3.05) is 0 Å². The summed E-state index contributed by atoms with van der Waals surface area (Å²) in [5.41, 5.74) is 0.497. The van der Waals surface area contributed by atoms with Crippen LogP contribution in [0, 0.1) is 11.3 Å². The number of nitrogens with zero attached hydrogens (tertiary/aromatic N) is 2. The van der Waals surface area contributed by atoms with Crippen LogP contribution in [0.25, 0.3) is 0 Å². The first-order valence-electron chi connectivity index (χ1n) is 6.81. The maximum atomic E-state index is 11.1. The summed E-state index contributed by atoms with van der Waals surface area (Å²) in [5.74, 6) is 0.809. The summed E-state index contributed by atoms with van der Waals surface area (Å²) in [6, 6.07) is 0. The lowest BCUT2D eigenvalue weighted by Crippen LogP contribution is -2.11.